The number of aromatic amines is 1. The van der Waals surface area contributed by atoms with Crippen LogP contribution in [0.3, 0.4) is 0 Å². The Morgan fingerprint density at radius 1 is 1.15 bits per heavy atom. The highest BCUT2D eigenvalue weighted by molar-refractivity contribution is 7.85. The number of rotatable bonds is 8. The van der Waals surface area contributed by atoms with Crippen molar-refractivity contribution in [3.05, 3.63) is 83.3 Å². The molecule has 0 aliphatic heterocycles. The third-order valence-electron chi connectivity index (χ3n) is 5.30. The lowest BCUT2D eigenvalue weighted by atomic mass is 10.0. The highest BCUT2D eigenvalue weighted by Crippen LogP contribution is 2.27. The van der Waals surface area contributed by atoms with Crippen molar-refractivity contribution in [2.75, 3.05) is 5.75 Å². The van der Waals surface area contributed by atoms with Crippen LogP contribution in [0.1, 0.15) is 35.7 Å². The molecule has 2 N–H and O–H groups in total. The molecule has 0 aliphatic rings. The third-order valence-corrected chi connectivity index (χ3v) is 6.91. The Hall–Kier alpha value is -3.47. The normalized spacial score (nSPS) is 12.7. The van der Waals surface area contributed by atoms with Gasteiger partial charge >= 0.3 is 0 Å². The lowest BCUT2D eigenvalue weighted by Gasteiger charge is -2.21. The molecule has 8 nitrogen and oxygen atoms in total. The zero-order valence-corrected chi connectivity index (χ0v) is 18.5. The summed E-state index contributed by atoms with van der Waals surface area (Å²) in [5.74, 6) is -2.21. The monoisotopic (exact) mass is 468 g/mol. The van der Waals surface area contributed by atoms with Gasteiger partial charge in [-0.25, -0.2) is 9.45 Å². The van der Waals surface area contributed by atoms with Gasteiger partial charge in [0.25, 0.3) is 10.0 Å². The molecule has 1 atom stereocenters. The molecule has 1 aromatic carbocycles. The van der Waals surface area contributed by atoms with Gasteiger partial charge in [-0.3, -0.25) is 9.78 Å². The summed E-state index contributed by atoms with van der Waals surface area (Å²) in [6.07, 6.45) is 7.19. The quantitative estimate of drug-likeness (QED) is 0.303. The summed E-state index contributed by atoms with van der Waals surface area (Å²) in [7, 11) is -4.18. The molecule has 0 spiro atoms. The number of hydrogen-bond acceptors (Lipinski definition) is 6. The van der Waals surface area contributed by atoms with Crippen LogP contribution in [0, 0.1) is 11.0 Å². The van der Waals surface area contributed by atoms with Gasteiger partial charge in [0.1, 0.15) is 11.4 Å². The molecule has 170 valence electrons. The Bertz CT molecular complexity index is 1420. The van der Waals surface area contributed by atoms with Crippen molar-refractivity contribution in [3.8, 4) is 11.1 Å². The molecule has 0 saturated heterocycles. The second-order valence-corrected chi connectivity index (χ2v) is 9.52. The number of ketones is 1. The fourth-order valence-electron chi connectivity index (χ4n) is 3.50. The summed E-state index contributed by atoms with van der Waals surface area (Å²) in [4.78, 5) is 24.4. The van der Waals surface area contributed by atoms with Crippen molar-refractivity contribution >= 4 is 32.5 Å². The van der Waals surface area contributed by atoms with E-state index in [2.05, 4.69) is 15.0 Å². The number of carbonyl (C=O) groups excluding carboxylic acids is 1. The number of nitrogens with zero attached hydrogens (tertiary/aromatic N) is 2. The number of carbonyl (C=O) groups is 1. The number of nitrogens with one attached hydrogen (secondary N) is 2. The van der Waals surface area contributed by atoms with Crippen molar-refractivity contribution in [3.63, 3.8) is 0 Å². The van der Waals surface area contributed by atoms with Crippen LogP contribution >= 0.6 is 0 Å². The second-order valence-electron chi connectivity index (χ2n) is 7.51. The van der Waals surface area contributed by atoms with Gasteiger partial charge in [-0.2, -0.15) is 12.8 Å². The Kier molecular flexibility index (Phi) is 6.32. The molecule has 0 bridgehead atoms. The average molecular weight is 469 g/mol. The minimum Gasteiger partial charge on any atom is -0.613 e. The van der Waals surface area contributed by atoms with Crippen LogP contribution in [0.4, 0.5) is 10.1 Å². The summed E-state index contributed by atoms with van der Waals surface area (Å²) in [5.41, 5.74) is 1.16. The van der Waals surface area contributed by atoms with Gasteiger partial charge in [0.15, 0.2) is 17.3 Å². The number of hydrogen-bond donors (Lipinski definition) is 2. The summed E-state index contributed by atoms with van der Waals surface area (Å²) in [5, 5.41) is 13.0. The van der Waals surface area contributed by atoms with Crippen molar-refractivity contribution < 1.29 is 22.1 Å². The van der Waals surface area contributed by atoms with Crippen LogP contribution in [0.5, 0.6) is 0 Å². The molecule has 4 rings (SSSR count). The zero-order chi connectivity index (χ0) is 23.6. The first-order chi connectivity index (χ1) is 15.8. The lowest BCUT2D eigenvalue weighted by Crippen LogP contribution is -3.05. The third kappa shape index (κ3) is 4.40. The van der Waals surface area contributed by atoms with Crippen molar-refractivity contribution in [1.29, 1.82) is 0 Å². The van der Waals surface area contributed by atoms with Gasteiger partial charge in [0, 0.05) is 47.4 Å². The SMILES string of the molecule is CCCCS(=O)(=O)[NH+]([O-])c1cccc(C(=O)c2c[nH]c3ncc(-c4ccncc4)cc23)c1F. The minimum absolute atomic E-state index is 0.158. The molecule has 1 unspecified atom stereocenters. The van der Waals surface area contributed by atoms with Crippen LogP contribution in [0.25, 0.3) is 22.2 Å². The standard InChI is InChI=1S/C23H21FN4O4S/c1-2-3-11-33(31,32)28(30)20-6-4-5-17(21(20)24)22(29)19-14-27-23-18(19)12-16(13-26-23)15-7-9-25-10-8-15/h4-10,12-14,28H,2-3,11H2,1H3,(H,26,27). The van der Waals surface area contributed by atoms with Crippen LogP contribution in [-0.2, 0) is 10.0 Å². The van der Waals surface area contributed by atoms with Gasteiger partial charge in [-0.1, -0.05) is 19.4 Å². The second kappa shape index (κ2) is 9.18. The van der Waals surface area contributed by atoms with Gasteiger partial charge in [0.2, 0.25) is 0 Å². The summed E-state index contributed by atoms with van der Waals surface area (Å²) in [6.45, 7) is 1.79. The van der Waals surface area contributed by atoms with Crippen LogP contribution in [-0.4, -0.2) is 34.9 Å². The molecule has 0 saturated carbocycles. The highest BCUT2D eigenvalue weighted by Gasteiger charge is 2.27. The molecule has 0 aliphatic carbocycles. The Balaban J connectivity index is 1.74. The smallest absolute Gasteiger partial charge is 0.300 e. The van der Waals surface area contributed by atoms with E-state index in [1.165, 1.54) is 18.3 Å². The van der Waals surface area contributed by atoms with Gasteiger partial charge in [-0.15, -0.1) is 0 Å². The first-order valence-electron chi connectivity index (χ1n) is 10.3. The first-order valence-corrected chi connectivity index (χ1v) is 12.0. The largest absolute Gasteiger partial charge is 0.613 e. The number of H-pyrrole nitrogens is 1. The zero-order valence-electron chi connectivity index (χ0n) is 17.7. The van der Waals surface area contributed by atoms with E-state index >= 15 is 4.39 Å². The number of sulfonamides is 1. The molecule has 0 radical (unpaired) electrons. The van der Waals surface area contributed by atoms with E-state index in [0.717, 1.165) is 17.2 Å². The highest BCUT2D eigenvalue weighted by atomic mass is 32.2. The van der Waals surface area contributed by atoms with Gasteiger partial charge in [0.05, 0.1) is 5.56 Å². The molecular formula is C23H21FN4O4S. The number of pyridine rings is 2. The van der Waals surface area contributed by atoms with E-state index in [0.29, 0.717) is 17.5 Å². The van der Waals surface area contributed by atoms with Gasteiger partial charge < -0.3 is 10.2 Å². The predicted molar refractivity (Wildman–Crippen MR) is 122 cm³/mol. The Morgan fingerprint density at radius 2 is 1.91 bits per heavy atom. The molecule has 0 fully saturated rings. The van der Waals surface area contributed by atoms with E-state index in [-0.39, 0.29) is 23.3 Å². The maximum absolute atomic E-state index is 15.2. The number of benzene rings is 1. The lowest BCUT2D eigenvalue weighted by molar-refractivity contribution is -0.626. The summed E-state index contributed by atoms with van der Waals surface area (Å²) < 4.78 is 38.5. The van der Waals surface area contributed by atoms with E-state index in [1.807, 2.05) is 0 Å². The predicted octanol–water partition coefficient (Wildman–Crippen LogP) is 3.14. The van der Waals surface area contributed by atoms with Crippen molar-refractivity contribution in [2.24, 2.45) is 0 Å². The van der Waals surface area contributed by atoms with E-state index in [4.69, 9.17) is 0 Å². The fraction of sp³-hybridized carbons (Fsp3) is 0.174. The van der Waals surface area contributed by atoms with Crippen molar-refractivity contribution in [2.45, 2.75) is 19.8 Å². The van der Waals surface area contributed by atoms with Crippen LogP contribution in [0.15, 0.2) is 61.2 Å². The number of halogens is 1. The maximum Gasteiger partial charge on any atom is 0.300 e. The number of fused-ring (bicyclic) bond motifs is 1. The van der Waals surface area contributed by atoms with Crippen LogP contribution in [0.2, 0.25) is 0 Å². The van der Waals surface area contributed by atoms with Gasteiger partial charge in [-0.05, 0) is 36.2 Å². The molecular weight excluding hydrogens is 447 g/mol. The molecule has 4 aromatic rings. The van der Waals surface area contributed by atoms with E-state index in [1.54, 1.807) is 43.7 Å². The molecule has 10 heteroatoms. The molecule has 3 heterocycles. The Labute approximate surface area is 189 Å². The number of unbranched alkanes of at least 4 members (excludes halogenated alkanes) is 1. The topological polar surface area (TPSA) is 120 Å². The fourth-order valence-corrected chi connectivity index (χ4v) is 4.84. The van der Waals surface area contributed by atoms with Crippen LogP contribution < -0.4 is 4.47 Å². The molecule has 0 amide bonds. The van der Waals surface area contributed by atoms with E-state index in [9.17, 15) is 18.4 Å². The maximum atomic E-state index is 15.2. The Morgan fingerprint density at radius 3 is 2.64 bits per heavy atom. The first kappa shape index (κ1) is 22.7. The molecule has 33 heavy (non-hydrogen) atoms. The minimum atomic E-state index is -4.18. The number of aromatic nitrogens is 3. The summed E-state index contributed by atoms with van der Waals surface area (Å²) >= 11 is 0. The van der Waals surface area contributed by atoms with Crippen molar-refractivity contribution in [1.82, 2.24) is 15.0 Å². The average Bonchev–Trinajstić information content (AvgIpc) is 3.26. The number of quaternary nitrogens is 1. The van der Waals surface area contributed by atoms with E-state index < -0.39 is 31.8 Å². The molecule has 3 aromatic heterocycles. The summed E-state index contributed by atoms with van der Waals surface area (Å²) in [6, 6.07) is 8.95.